The van der Waals surface area contributed by atoms with Crippen LogP contribution in [0, 0.1) is 0 Å². The van der Waals surface area contributed by atoms with E-state index in [1.807, 2.05) is 0 Å². The number of rotatable bonds is 60. The average Bonchev–Trinajstić information content (AvgIpc) is 3.36. The van der Waals surface area contributed by atoms with Crippen LogP contribution < -0.4 is 0 Å². The van der Waals surface area contributed by atoms with E-state index in [1.54, 1.807) is 5.70 Å². The van der Waals surface area contributed by atoms with Crippen LogP contribution in [-0.2, 0) is 0 Å². The zero-order chi connectivity index (χ0) is 49.3. The number of unbranched alkanes of at least 4 members (excludes halogenated alkanes) is 54. The first kappa shape index (κ1) is 66.4. The second-order valence-electron chi connectivity index (χ2n) is 23.4. The van der Waals surface area contributed by atoms with Crippen LogP contribution in [0.1, 0.15) is 393 Å². The molecule has 0 N–H and O–H groups in total. The highest BCUT2D eigenvalue weighted by molar-refractivity contribution is 6.62. The maximum Gasteiger partial charge on any atom is 0.280 e. The van der Waals surface area contributed by atoms with E-state index < -0.39 is 0 Å². The Kier molecular flexibility index (Phi) is 56.0. The molecule has 1 aliphatic rings. The van der Waals surface area contributed by atoms with Crippen molar-refractivity contribution < 1.29 is 0 Å². The molecule has 0 radical (unpaired) electrons. The Hall–Kier alpha value is -0.655. The second kappa shape index (κ2) is 58.2. The van der Waals surface area contributed by atoms with Crippen LogP contribution in [0.15, 0.2) is 23.8 Å². The van der Waals surface area contributed by atoms with Crippen molar-refractivity contribution in [3.05, 3.63) is 23.8 Å². The Morgan fingerprint density at radius 1 is 0.261 bits per heavy atom. The van der Waals surface area contributed by atoms with Gasteiger partial charge in [-0.2, -0.15) is 0 Å². The van der Waals surface area contributed by atoms with Crippen molar-refractivity contribution in [2.75, 3.05) is 6.54 Å². The van der Waals surface area contributed by atoms with Gasteiger partial charge >= 0.3 is 0 Å². The number of hydrogen-bond acceptors (Lipinski definition) is 1. The fraction of sp³-hybridized carbons (Fsp3) is 0.940. The highest BCUT2D eigenvalue weighted by Crippen LogP contribution is 2.26. The summed E-state index contributed by atoms with van der Waals surface area (Å²) in [5.74, 6) is 2.57. The van der Waals surface area contributed by atoms with Crippen LogP contribution in [0.2, 0.25) is 6.32 Å². The molecule has 0 bridgehead atoms. The zero-order valence-corrected chi connectivity index (χ0v) is 48.7. The van der Waals surface area contributed by atoms with E-state index >= 15 is 0 Å². The van der Waals surface area contributed by atoms with Crippen molar-refractivity contribution in [3.63, 3.8) is 0 Å². The first-order valence-electron chi connectivity index (χ1n) is 33.5. The molecule has 2 heteroatoms. The Morgan fingerprint density at radius 2 is 0.478 bits per heavy atom. The highest BCUT2D eigenvalue weighted by Gasteiger charge is 2.24. The van der Waals surface area contributed by atoms with Gasteiger partial charge in [0.25, 0.3) is 6.85 Å². The molecule has 0 saturated heterocycles. The lowest BCUT2D eigenvalue weighted by molar-refractivity contribution is 0.453. The molecule has 0 aliphatic carbocycles. The van der Waals surface area contributed by atoms with E-state index in [9.17, 15) is 0 Å². The van der Waals surface area contributed by atoms with Crippen LogP contribution in [0.4, 0.5) is 0 Å². The van der Waals surface area contributed by atoms with Gasteiger partial charge < -0.3 is 4.81 Å². The van der Waals surface area contributed by atoms with Crippen LogP contribution >= 0.6 is 0 Å². The van der Waals surface area contributed by atoms with Gasteiger partial charge in [-0.05, 0) is 31.7 Å². The molecular weight excluding hydrogens is 830 g/mol. The third kappa shape index (κ3) is 49.3. The van der Waals surface area contributed by atoms with Crippen LogP contribution in [-0.4, -0.2) is 18.2 Å². The molecule has 0 unspecified atom stereocenters. The van der Waals surface area contributed by atoms with Gasteiger partial charge in [-0.3, -0.25) is 0 Å². The SMILES string of the molecule is CCCCCCCCCCCCCCCCCCCCCB1C=CC=C(CCCCCCCCCCCCCCCCCCCCC)N1CCCCCCCCCCCCCCCCCCCCC. The molecule has 0 spiro atoms. The summed E-state index contributed by atoms with van der Waals surface area (Å²) in [7, 11) is 0. The third-order valence-corrected chi connectivity index (χ3v) is 16.5. The molecule has 0 saturated carbocycles. The average molecular weight is 963 g/mol. The standard InChI is InChI=1S/C67H132BN/c1-4-7-10-13-16-19-22-25-28-31-34-37-40-43-46-49-52-55-58-62-67-63-61-65-68(64-59-56-53-50-47-44-41-38-35-32-29-26-23-20-17-14-11-8-5-2)69(67)66-60-57-54-51-48-45-42-39-36-33-30-27-24-21-18-15-12-9-6-3/h61,63,65H,4-60,62,64,66H2,1-3H3. The Labute approximate surface area is 439 Å². The lowest BCUT2D eigenvalue weighted by Gasteiger charge is -2.35. The molecule has 0 aromatic heterocycles. The fourth-order valence-corrected chi connectivity index (χ4v) is 11.7. The molecule has 0 atom stereocenters. The van der Waals surface area contributed by atoms with Crippen LogP contribution in [0.3, 0.4) is 0 Å². The van der Waals surface area contributed by atoms with E-state index in [2.05, 4.69) is 43.7 Å². The summed E-state index contributed by atoms with van der Waals surface area (Å²) < 4.78 is 0. The molecule has 408 valence electrons. The van der Waals surface area contributed by atoms with Gasteiger partial charge in [-0.1, -0.05) is 386 Å². The number of hydrogen-bond donors (Lipinski definition) is 0. The van der Waals surface area contributed by atoms with Gasteiger partial charge in [0.05, 0.1) is 0 Å². The van der Waals surface area contributed by atoms with Crippen molar-refractivity contribution in [3.8, 4) is 0 Å². The highest BCUT2D eigenvalue weighted by atomic mass is 15.1. The Morgan fingerprint density at radius 3 is 0.739 bits per heavy atom. The summed E-state index contributed by atoms with van der Waals surface area (Å²) >= 11 is 0. The molecule has 1 heterocycles. The topological polar surface area (TPSA) is 3.24 Å². The molecule has 69 heavy (non-hydrogen) atoms. The first-order chi connectivity index (χ1) is 34.3. The summed E-state index contributed by atoms with van der Waals surface area (Å²) in [6, 6.07) is 0. The summed E-state index contributed by atoms with van der Waals surface area (Å²) in [6.07, 6.45) is 91.0. The van der Waals surface area contributed by atoms with E-state index in [1.165, 1.54) is 385 Å². The van der Waals surface area contributed by atoms with Gasteiger partial charge in [-0.25, -0.2) is 0 Å². The molecule has 0 amide bonds. The quantitative estimate of drug-likeness (QED) is 0.0434. The zero-order valence-electron chi connectivity index (χ0n) is 48.7. The maximum atomic E-state index is 2.90. The van der Waals surface area contributed by atoms with Crippen molar-refractivity contribution in [2.24, 2.45) is 0 Å². The van der Waals surface area contributed by atoms with E-state index in [4.69, 9.17) is 0 Å². The van der Waals surface area contributed by atoms with Gasteiger partial charge in [0.1, 0.15) is 0 Å². The fourth-order valence-electron chi connectivity index (χ4n) is 11.7. The van der Waals surface area contributed by atoms with Crippen LogP contribution in [0.5, 0.6) is 0 Å². The minimum absolute atomic E-state index is 0.645. The first-order valence-corrected chi connectivity index (χ1v) is 33.5. The van der Waals surface area contributed by atoms with Crippen molar-refractivity contribution in [1.82, 2.24) is 4.81 Å². The Balaban J connectivity index is 2.23. The van der Waals surface area contributed by atoms with Gasteiger partial charge in [-0.15, -0.1) is 0 Å². The lowest BCUT2D eigenvalue weighted by Crippen LogP contribution is -2.39. The number of allylic oxidation sites excluding steroid dienone is 3. The van der Waals surface area contributed by atoms with Gasteiger partial charge in [0.2, 0.25) is 0 Å². The van der Waals surface area contributed by atoms with E-state index in [0.29, 0.717) is 6.85 Å². The normalized spacial score (nSPS) is 12.8. The molecule has 1 nitrogen and oxygen atoms in total. The Bertz CT molecular complexity index is 1000. The minimum atomic E-state index is 0.645. The molecule has 1 aliphatic heterocycles. The smallest absolute Gasteiger partial charge is 0.280 e. The molecule has 0 aromatic carbocycles. The molecule has 1 rings (SSSR count). The molecule has 0 aromatic rings. The molecular formula is C67H132BN. The summed E-state index contributed by atoms with van der Waals surface area (Å²) in [6.45, 7) is 8.90. The van der Waals surface area contributed by atoms with E-state index in [0.717, 1.165) is 0 Å². The minimum Gasteiger partial charge on any atom is -0.414 e. The molecule has 0 fully saturated rings. The lowest BCUT2D eigenvalue weighted by atomic mass is 9.54. The second-order valence-corrected chi connectivity index (χ2v) is 23.4. The van der Waals surface area contributed by atoms with Crippen molar-refractivity contribution in [2.45, 2.75) is 399 Å². The summed E-state index contributed by atoms with van der Waals surface area (Å²) in [5.41, 5.74) is 1.68. The monoisotopic (exact) mass is 962 g/mol. The summed E-state index contributed by atoms with van der Waals surface area (Å²) in [5, 5.41) is 0. The third-order valence-electron chi connectivity index (χ3n) is 16.5. The maximum absolute atomic E-state index is 2.90. The van der Waals surface area contributed by atoms with Crippen LogP contribution in [0.25, 0.3) is 0 Å². The van der Waals surface area contributed by atoms with Crippen molar-refractivity contribution in [1.29, 1.82) is 0 Å². The largest absolute Gasteiger partial charge is 0.414 e. The predicted octanol–water partition coefficient (Wildman–Crippen LogP) is 25.0. The van der Waals surface area contributed by atoms with E-state index in [-0.39, 0.29) is 0 Å². The number of nitrogens with zero attached hydrogens (tertiary/aromatic N) is 1. The van der Waals surface area contributed by atoms with Gasteiger partial charge in [0, 0.05) is 12.2 Å². The summed E-state index contributed by atoms with van der Waals surface area (Å²) in [4.78, 5) is 2.90. The predicted molar refractivity (Wildman–Crippen MR) is 319 cm³/mol. The van der Waals surface area contributed by atoms with Gasteiger partial charge in [0.15, 0.2) is 0 Å². The van der Waals surface area contributed by atoms with Crippen molar-refractivity contribution >= 4 is 6.85 Å².